The quantitative estimate of drug-likeness (QED) is 0.679. The van der Waals surface area contributed by atoms with E-state index in [0.717, 1.165) is 32.4 Å². The molecule has 0 bridgehead atoms. The molecule has 0 spiro atoms. The molecule has 0 radical (unpaired) electrons. The minimum atomic E-state index is 0.185. The molecule has 1 atom stereocenters. The zero-order valence-electron chi connectivity index (χ0n) is 8.25. The van der Waals surface area contributed by atoms with Gasteiger partial charge in [-0.3, -0.25) is 4.79 Å². The van der Waals surface area contributed by atoms with Gasteiger partial charge in [0.25, 0.3) is 0 Å². The van der Waals surface area contributed by atoms with Crippen LogP contribution in [0.3, 0.4) is 0 Å². The average molecular weight is 182 g/mol. The van der Waals surface area contributed by atoms with Gasteiger partial charge in [0.2, 0.25) is 5.91 Å². The molecule has 1 saturated heterocycles. The van der Waals surface area contributed by atoms with Crippen molar-refractivity contribution in [1.29, 1.82) is 0 Å². The fourth-order valence-electron chi connectivity index (χ4n) is 1.97. The molecule has 0 aromatic carbocycles. The molecule has 1 amide bonds. The van der Waals surface area contributed by atoms with Crippen molar-refractivity contribution >= 4 is 5.91 Å². The van der Waals surface area contributed by atoms with Gasteiger partial charge in [0.15, 0.2) is 0 Å². The van der Waals surface area contributed by atoms with Crippen LogP contribution in [0.5, 0.6) is 0 Å². The average Bonchev–Trinajstić information content (AvgIpc) is 2.89. The van der Waals surface area contributed by atoms with Crippen LogP contribution < -0.4 is 5.73 Å². The second-order valence-electron chi connectivity index (χ2n) is 4.80. The van der Waals surface area contributed by atoms with E-state index in [-0.39, 0.29) is 5.41 Å². The van der Waals surface area contributed by atoms with Crippen molar-refractivity contribution in [2.24, 2.45) is 17.1 Å². The van der Waals surface area contributed by atoms with Crippen LogP contribution in [-0.4, -0.2) is 30.4 Å². The van der Waals surface area contributed by atoms with Gasteiger partial charge in [-0.25, -0.2) is 0 Å². The van der Waals surface area contributed by atoms with E-state index in [1.54, 1.807) is 0 Å². The van der Waals surface area contributed by atoms with Crippen molar-refractivity contribution in [2.75, 3.05) is 19.6 Å². The summed E-state index contributed by atoms with van der Waals surface area (Å²) < 4.78 is 0. The van der Waals surface area contributed by atoms with Gasteiger partial charge in [0, 0.05) is 19.0 Å². The molecule has 1 aliphatic carbocycles. The lowest BCUT2D eigenvalue weighted by Crippen LogP contribution is -2.35. The summed E-state index contributed by atoms with van der Waals surface area (Å²) in [6.07, 6.45) is 3.28. The second kappa shape index (κ2) is 2.98. The predicted molar refractivity (Wildman–Crippen MR) is 51.1 cm³/mol. The van der Waals surface area contributed by atoms with E-state index in [9.17, 15) is 4.79 Å². The highest BCUT2D eigenvalue weighted by atomic mass is 16.2. The van der Waals surface area contributed by atoms with Crippen LogP contribution >= 0.6 is 0 Å². The van der Waals surface area contributed by atoms with Gasteiger partial charge >= 0.3 is 0 Å². The topological polar surface area (TPSA) is 46.3 Å². The van der Waals surface area contributed by atoms with Crippen LogP contribution in [0.1, 0.15) is 26.2 Å². The minimum Gasteiger partial charge on any atom is -0.342 e. The molecule has 0 aromatic heterocycles. The Balaban J connectivity index is 1.93. The molecule has 3 heteroatoms. The van der Waals surface area contributed by atoms with E-state index in [1.165, 1.54) is 0 Å². The highest BCUT2D eigenvalue weighted by Gasteiger charge is 2.40. The molecule has 1 aliphatic heterocycles. The van der Waals surface area contributed by atoms with Gasteiger partial charge in [-0.15, -0.1) is 0 Å². The molecule has 0 aromatic rings. The molecule has 13 heavy (non-hydrogen) atoms. The highest BCUT2D eigenvalue weighted by molar-refractivity contribution is 5.81. The highest BCUT2D eigenvalue weighted by Crippen LogP contribution is 2.35. The third-order valence-corrected chi connectivity index (χ3v) is 3.29. The van der Waals surface area contributed by atoms with Gasteiger partial charge in [0.05, 0.1) is 0 Å². The number of hydrogen-bond donors (Lipinski definition) is 1. The van der Waals surface area contributed by atoms with Gasteiger partial charge in [0.1, 0.15) is 0 Å². The maximum Gasteiger partial charge on any atom is 0.225 e. The minimum absolute atomic E-state index is 0.185. The third-order valence-electron chi connectivity index (χ3n) is 3.29. The molecule has 2 rings (SSSR count). The summed E-state index contributed by atoms with van der Waals surface area (Å²) in [7, 11) is 0. The first-order valence-electron chi connectivity index (χ1n) is 5.13. The van der Waals surface area contributed by atoms with E-state index >= 15 is 0 Å². The smallest absolute Gasteiger partial charge is 0.225 e. The summed E-state index contributed by atoms with van der Waals surface area (Å²) in [4.78, 5) is 13.7. The monoisotopic (exact) mass is 182 g/mol. The fourth-order valence-corrected chi connectivity index (χ4v) is 1.97. The number of likely N-dealkylation sites (tertiary alicyclic amines) is 1. The Hall–Kier alpha value is -0.570. The Morgan fingerprint density at radius 3 is 2.77 bits per heavy atom. The Labute approximate surface area is 79.3 Å². The molecule has 2 aliphatic rings. The van der Waals surface area contributed by atoms with Crippen LogP contribution in [-0.2, 0) is 4.79 Å². The molecule has 2 fully saturated rings. The number of carbonyl (C=O) groups is 1. The largest absolute Gasteiger partial charge is 0.342 e. The van der Waals surface area contributed by atoms with E-state index in [4.69, 9.17) is 5.73 Å². The van der Waals surface area contributed by atoms with Crippen molar-refractivity contribution in [3.8, 4) is 0 Å². The normalized spacial score (nSPS) is 33.8. The van der Waals surface area contributed by atoms with Crippen LogP contribution in [0.4, 0.5) is 0 Å². The summed E-state index contributed by atoms with van der Waals surface area (Å²) in [6, 6.07) is 0. The second-order valence-corrected chi connectivity index (χ2v) is 4.80. The SMILES string of the molecule is CC1(CN)CCN(C(=O)C2CC2)C1. The molecule has 3 nitrogen and oxygen atoms in total. The van der Waals surface area contributed by atoms with Crippen molar-refractivity contribution in [3.05, 3.63) is 0 Å². The molecule has 1 saturated carbocycles. The van der Waals surface area contributed by atoms with Gasteiger partial charge < -0.3 is 10.6 Å². The molecular formula is C10H18N2O. The van der Waals surface area contributed by atoms with E-state index in [2.05, 4.69) is 6.92 Å². The Morgan fingerprint density at radius 1 is 1.62 bits per heavy atom. The van der Waals surface area contributed by atoms with Crippen molar-refractivity contribution < 1.29 is 4.79 Å². The van der Waals surface area contributed by atoms with E-state index in [0.29, 0.717) is 18.4 Å². The fraction of sp³-hybridized carbons (Fsp3) is 0.900. The zero-order chi connectivity index (χ0) is 9.47. The van der Waals surface area contributed by atoms with Crippen LogP contribution in [0.15, 0.2) is 0 Å². The lowest BCUT2D eigenvalue weighted by molar-refractivity contribution is -0.131. The lowest BCUT2D eigenvalue weighted by Gasteiger charge is -2.22. The maximum absolute atomic E-state index is 11.7. The molecule has 74 valence electrons. The first-order valence-corrected chi connectivity index (χ1v) is 5.13. The van der Waals surface area contributed by atoms with Gasteiger partial charge in [-0.2, -0.15) is 0 Å². The van der Waals surface area contributed by atoms with Crippen molar-refractivity contribution in [2.45, 2.75) is 26.2 Å². The number of carbonyl (C=O) groups excluding carboxylic acids is 1. The lowest BCUT2D eigenvalue weighted by atomic mass is 9.90. The standard InChI is InChI=1S/C10H18N2O/c1-10(6-11)4-5-12(7-10)9(13)8-2-3-8/h8H,2-7,11H2,1H3. The number of nitrogens with zero attached hydrogens (tertiary/aromatic N) is 1. The van der Waals surface area contributed by atoms with Crippen molar-refractivity contribution in [3.63, 3.8) is 0 Å². The summed E-state index contributed by atoms with van der Waals surface area (Å²) in [5, 5.41) is 0. The Morgan fingerprint density at radius 2 is 2.31 bits per heavy atom. The third kappa shape index (κ3) is 1.70. The first kappa shape index (κ1) is 9.00. The maximum atomic E-state index is 11.7. The summed E-state index contributed by atoms with van der Waals surface area (Å²) in [5.41, 5.74) is 5.87. The molecule has 1 unspecified atom stereocenters. The molecular weight excluding hydrogens is 164 g/mol. The van der Waals surface area contributed by atoms with Crippen LogP contribution in [0.2, 0.25) is 0 Å². The number of nitrogens with two attached hydrogens (primary N) is 1. The Kier molecular flexibility index (Phi) is 2.06. The van der Waals surface area contributed by atoms with Crippen LogP contribution in [0, 0.1) is 11.3 Å². The van der Waals surface area contributed by atoms with E-state index in [1.807, 2.05) is 4.90 Å². The number of amides is 1. The summed E-state index contributed by atoms with van der Waals surface area (Å²) in [5.74, 6) is 0.734. The van der Waals surface area contributed by atoms with Gasteiger partial charge in [-0.05, 0) is 31.2 Å². The molecule has 2 N–H and O–H groups in total. The van der Waals surface area contributed by atoms with Crippen LogP contribution in [0.25, 0.3) is 0 Å². The predicted octanol–water partition coefficient (Wildman–Crippen LogP) is 0.594. The van der Waals surface area contributed by atoms with Crippen molar-refractivity contribution in [1.82, 2.24) is 4.90 Å². The zero-order valence-corrected chi connectivity index (χ0v) is 8.25. The summed E-state index contributed by atoms with van der Waals surface area (Å²) >= 11 is 0. The Bertz CT molecular complexity index is 225. The summed E-state index contributed by atoms with van der Waals surface area (Å²) in [6.45, 7) is 4.66. The molecule has 1 heterocycles. The van der Waals surface area contributed by atoms with E-state index < -0.39 is 0 Å². The number of rotatable bonds is 2. The van der Waals surface area contributed by atoms with Gasteiger partial charge in [-0.1, -0.05) is 6.92 Å². The number of hydrogen-bond acceptors (Lipinski definition) is 2. The first-order chi connectivity index (χ1) is 6.14.